The summed E-state index contributed by atoms with van der Waals surface area (Å²) in [6.45, 7) is 6.79. The molecule has 0 saturated carbocycles. The molecule has 1 amide bonds. The highest BCUT2D eigenvalue weighted by molar-refractivity contribution is 5.78. The van der Waals surface area contributed by atoms with Crippen LogP contribution < -0.4 is 10.6 Å². The summed E-state index contributed by atoms with van der Waals surface area (Å²) in [7, 11) is 0. The average Bonchev–Trinajstić information content (AvgIpc) is 2.65. The van der Waals surface area contributed by atoms with Gasteiger partial charge >= 0.3 is 0 Å². The van der Waals surface area contributed by atoms with Gasteiger partial charge in [-0.25, -0.2) is 0 Å². The second-order valence-electron chi connectivity index (χ2n) is 4.21. The lowest BCUT2D eigenvalue weighted by atomic mass is 9.99. The third kappa shape index (κ3) is 1.91. The lowest BCUT2D eigenvalue weighted by molar-refractivity contribution is -0.125. The van der Waals surface area contributed by atoms with Crippen LogP contribution in [0.3, 0.4) is 0 Å². The van der Waals surface area contributed by atoms with Crippen LogP contribution in [0.25, 0.3) is 0 Å². The standard InChI is InChI=1S/C10H19N3O/c1-2-8-5-11-6-9(8)13-4-3-12-10(14)7-13/h8-9,11H,2-7H2,1H3,(H,12,14). The molecule has 2 saturated heterocycles. The molecule has 0 radical (unpaired) electrons. The van der Waals surface area contributed by atoms with E-state index >= 15 is 0 Å². The van der Waals surface area contributed by atoms with E-state index in [-0.39, 0.29) is 5.91 Å². The van der Waals surface area contributed by atoms with Crippen molar-refractivity contribution in [3.8, 4) is 0 Å². The number of piperazine rings is 1. The van der Waals surface area contributed by atoms with Gasteiger partial charge in [-0.1, -0.05) is 13.3 Å². The lowest BCUT2D eigenvalue weighted by Crippen LogP contribution is -2.53. The Balaban J connectivity index is 1.95. The molecule has 2 heterocycles. The first-order valence-corrected chi connectivity index (χ1v) is 5.52. The number of hydrogen-bond donors (Lipinski definition) is 2. The number of carbonyl (C=O) groups is 1. The zero-order valence-electron chi connectivity index (χ0n) is 8.75. The first-order valence-electron chi connectivity index (χ1n) is 5.52. The van der Waals surface area contributed by atoms with Crippen molar-refractivity contribution in [3.05, 3.63) is 0 Å². The fourth-order valence-electron chi connectivity index (χ4n) is 2.50. The molecule has 4 nitrogen and oxygen atoms in total. The van der Waals surface area contributed by atoms with Gasteiger partial charge in [-0.2, -0.15) is 0 Å². The summed E-state index contributed by atoms with van der Waals surface area (Å²) in [5.41, 5.74) is 0. The molecule has 2 rings (SSSR count). The van der Waals surface area contributed by atoms with E-state index in [1.54, 1.807) is 0 Å². The van der Waals surface area contributed by atoms with Crippen LogP contribution in [-0.4, -0.2) is 49.6 Å². The monoisotopic (exact) mass is 197 g/mol. The van der Waals surface area contributed by atoms with Crippen LogP contribution in [0.5, 0.6) is 0 Å². The van der Waals surface area contributed by atoms with Gasteiger partial charge in [0.15, 0.2) is 0 Å². The van der Waals surface area contributed by atoms with Crippen LogP contribution in [-0.2, 0) is 4.79 Å². The smallest absolute Gasteiger partial charge is 0.234 e. The van der Waals surface area contributed by atoms with Crippen LogP contribution in [0.15, 0.2) is 0 Å². The Kier molecular flexibility index (Phi) is 3.03. The molecular formula is C10H19N3O. The highest BCUT2D eigenvalue weighted by Crippen LogP contribution is 2.19. The first-order chi connectivity index (χ1) is 6.81. The number of carbonyl (C=O) groups excluding carboxylic acids is 1. The Hall–Kier alpha value is -0.610. The molecule has 2 aliphatic heterocycles. The van der Waals surface area contributed by atoms with Crippen LogP contribution in [0.4, 0.5) is 0 Å². The SMILES string of the molecule is CCC1CNCC1N1CCNC(=O)C1. The van der Waals surface area contributed by atoms with Crippen LogP contribution in [0, 0.1) is 5.92 Å². The third-order valence-corrected chi connectivity index (χ3v) is 3.37. The van der Waals surface area contributed by atoms with Gasteiger partial charge in [0.25, 0.3) is 0 Å². The quantitative estimate of drug-likeness (QED) is 0.622. The van der Waals surface area contributed by atoms with Crippen molar-refractivity contribution in [2.75, 3.05) is 32.7 Å². The van der Waals surface area contributed by atoms with Gasteiger partial charge < -0.3 is 10.6 Å². The van der Waals surface area contributed by atoms with E-state index < -0.39 is 0 Å². The Bertz CT molecular complexity index is 219. The summed E-state index contributed by atoms with van der Waals surface area (Å²) in [5, 5.41) is 6.28. The van der Waals surface area contributed by atoms with Gasteiger partial charge in [0.05, 0.1) is 6.54 Å². The fraction of sp³-hybridized carbons (Fsp3) is 0.900. The highest BCUT2D eigenvalue weighted by atomic mass is 16.2. The number of nitrogens with one attached hydrogen (secondary N) is 2. The zero-order valence-corrected chi connectivity index (χ0v) is 8.75. The van der Waals surface area contributed by atoms with Gasteiger partial charge in [0.1, 0.15) is 0 Å². The molecule has 2 fully saturated rings. The Labute approximate surface area is 85.0 Å². The van der Waals surface area contributed by atoms with Gasteiger partial charge in [-0.3, -0.25) is 9.69 Å². The van der Waals surface area contributed by atoms with Crippen molar-refractivity contribution in [1.29, 1.82) is 0 Å². The summed E-state index contributed by atoms with van der Waals surface area (Å²) in [6.07, 6.45) is 1.20. The Morgan fingerprint density at radius 3 is 3.07 bits per heavy atom. The predicted molar refractivity (Wildman–Crippen MR) is 55.0 cm³/mol. The van der Waals surface area contributed by atoms with E-state index in [9.17, 15) is 4.79 Å². The molecule has 2 atom stereocenters. The molecule has 0 aromatic carbocycles. The number of nitrogens with zero attached hydrogens (tertiary/aromatic N) is 1. The summed E-state index contributed by atoms with van der Waals surface area (Å²) < 4.78 is 0. The molecule has 2 unspecified atom stereocenters. The summed E-state index contributed by atoms with van der Waals surface area (Å²) >= 11 is 0. The first kappa shape index (κ1) is 9.93. The van der Waals surface area contributed by atoms with Crippen molar-refractivity contribution in [2.24, 2.45) is 5.92 Å². The minimum Gasteiger partial charge on any atom is -0.354 e. The number of rotatable bonds is 2. The largest absolute Gasteiger partial charge is 0.354 e. The zero-order chi connectivity index (χ0) is 9.97. The van der Waals surface area contributed by atoms with Crippen LogP contribution in [0.2, 0.25) is 0 Å². The Morgan fingerprint density at radius 1 is 1.50 bits per heavy atom. The summed E-state index contributed by atoms with van der Waals surface area (Å²) in [4.78, 5) is 13.6. The van der Waals surface area contributed by atoms with Crippen molar-refractivity contribution >= 4 is 5.91 Å². The van der Waals surface area contributed by atoms with Crippen molar-refractivity contribution in [1.82, 2.24) is 15.5 Å². The van der Waals surface area contributed by atoms with Gasteiger partial charge in [0, 0.05) is 25.7 Å². The normalized spacial score (nSPS) is 34.5. The number of amides is 1. The van der Waals surface area contributed by atoms with Crippen molar-refractivity contribution in [3.63, 3.8) is 0 Å². The summed E-state index contributed by atoms with van der Waals surface area (Å²) in [6, 6.07) is 0.575. The molecule has 80 valence electrons. The fourth-order valence-corrected chi connectivity index (χ4v) is 2.50. The van der Waals surface area contributed by atoms with Gasteiger partial charge in [-0.15, -0.1) is 0 Å². The molecular weight excluding hydrogens is 178 g/mol. The molecule has 14 heavy (non-hydrogen) atoms. The van der Waals surface area contributed by atoms with E-state index in [0.29, 0.717) is 12.6 Å². The second kappa shape index (κ2) is 4.28. The van der Waals surface area contributed by atoms with Gasteiger partial charge in [0.2, 0.25) is 5.91 Å². The molecule has 0 aromatic heterocycles. The third-order valence-electron chi connectivity index (χ3n) is 3.37. The van der Waals surface area contributed by atoms with E-state index in [1.807, 2.05) is 0 Å². The van der Waals surface area contributed by atoms with E-state index in [2.05, 4.69) is 22.5 Å². The summed E-state index contributed by atoms with van der Waals surface area (Å²) in [5.74, 6) is 0.902. The molecule has 4 heteroatoms. The molecule has 0 aliphatic carbocycles. The Morgan fingerprint density at radius 2 is 2.36 bits per heavy atom. The maximum atomic E-state index is 11.3. The molecule has 2 N–H and O–H groups in total. The van der Waals surface area contributed by atoms with Crippen molar-refractivity contribution < 1.29 is 4.79 Å². The van der Waals surface area contributed by atoms with Crippen LogP contribution in [0.1, 0.15) is 13.3 Å². The van der Waals surface area contributed by atoms with E-state index in [1.165, 1.54) is 6.42 Å². The predicted octanol–water partition coefficient (Wildman–Crippen LogP) is -0.584. The van der Waals surface area contributed by atoms with Crippen LogP contribution >= 0.6 is 0 Å². The highest BCUT2D eigenvalue weighted by Gasteiger charge is 2.32. The lowest BCUT2D eigenvalue weighted by Gasteiger charge is -2.34. The number of hydrogen-bond acceptors (Lipinski definition) is 3. The van der Waals surface area contributed by atoms with E-state index in [4.69, 9.17) is 0 Å². The molecule has 0 aromatic rings. The average molecular weight is 197 g/mol. The molecule has 0 bridgehead atoms. The minimum absolute atomic E-state index is 0.179. The topological polar surface area (TPSA) is 44.4 Å². The molecule has 0 spiro atoms. The maximum absolute atomic E-state index is 11.3. The van der Waals surface area contributed by atoms with Gasteiger partial charge in [-0.05, 0) is 12.5 Å². The van der Waals surface area contributed by atoms with E-state index in [0.717, 1.165) is 32.1 Å². The minimum atomic E-state index is 0.179. The second-order valence-corrected chi connectivity index (χ2v) is 4.21. The maximum Gasteiger partial charge on any atom is 0.234 e. The molecule has 2 aliphatic rings. The van der Waals surface area contributed by atoms with Crippen molar-refractivity contribution in [2.45, 2.75) is 19.4 Å².